The number of amides is 1. The first-order chi connectivity index (χ1) is 13.1. The van der Waals surface area contributed by atoms with Crippen molar-refractivity contribution in [2.75, 3.05) is 18.5 Å². The van der Waals surface area contributed by atoms with Gasteiger partial charge in [0.05, 0.1) is 6.61 Å². The molecule has 3 rings (SSSR count). The van der Waals surface area contributed by atoms with E-state index in [1.807, 2.05) is 31.2 Å². The summed E-state index contributed by atoms with van der Waals surface area (Å²) >= 11 is 0. The van der Waals surface area contributed by atoms with Crippen LogP contribution in [0, 0.1) is 0 Å². The molecule has 0 atom stereocenters. The minimum atomic E-state index is -1.11. The molecule has 0 unspecified atom stereocenters. The Morgan fingerprint density at radius 3 is 2.26 bits per heavy atom. The van der Waals surface area contributed by atoms with Gasteiger partial charge in [0.25, 0.3) is 5.91 Å². The topological polar surface area (TPSA) is 84.9 Å². The second-order valence-corrected chi connectivity index (χ2v) is 5.79. The Kier molecular flexibility index (Phi) is 5.56. The molecule has 0 saturated carbocycles. The molecule has 0 aliphatic rings. The second kappa shape index (κ2) is 8.23. The monoisotopic (exact) mass is 365 g/mol. The molecule has 0 aromatic heterocycles. The van der Waals surface area contributed by atoms with E-state index >= 15 is 0 Å². The minimum absolute atomic E-state index is 0.0163. The number of rotatable bonds is 7. The van der Waals surface area contributed by atoms with Gasteiger partial charge in [-0.1, -0.05) is 24.3 Å². The Morgan fingerprint density at radius 2 is 1.63 bits per heavy atom. The standard InChI is InChI=1S/C21H19NO5/c1-2-26-17-9-7-16(8-10-17)22-20(23)13-27-19-12-15-6-4-3-5-14(15)11-18(19)21(24)25/h3-12H,2,13H2,1H3,(H,22,23)(H,24,25). The van der Waals surface area contributed by atoms with Gasteiger partial charge in [-0.15, -0.1) is 0 Å². The fourth-order valence-corrected chi connectivity index (χ4v) is 2.65. The van der Waals surface area contributed by atoms with Gasteiger partial charge >= 0.3 is 5.97 Å². The molecule has 27 heavy (non-hydrogen) atoms. The lowest BCUT2D eigenvalue weighted by Crippen LogP contribution is -2.20. The molecule has 3 aromatic rings. The van der Waals surface area contributed by atoms with E-state index in [-0.39, 0.29) is 23.8 Å². The summed E-state index contributed by atoms with van der Waals surface area (Å²) in [5.41, 5.74) is 0.617. The van der Waals surface area contributed by atoms with Crippen LogP contribution in [0.2, 0.25) is 0 Å². The van der Waals surface area contributed by atoms with Crippen LogP contribution >= 0.6 is 0 Å². The number of carboxylic acids is 1. The molecule has 3 aromatic carbocycles. The maximum atomic E-state index is 12.1. The molecule has 138 valence electrons. The number of carbonyl (C=O) groups is 2. The van der Waals surface area contributed by atoms with E-state index in [0.29, 0.717) is 18.0 Å². The van der Waals surface area contributed by atoms with Crippen LogP contribution in [-0.2, 0) is 4.79 Å². The van der Waals surface area contributed by atoms with E-state index in [4.69, 9.17) is 9.47 Å². The third kappa shape index (κ3) is 4.55. The van der Waals surface area contributed by atoms with Crippen LogP contribution in [0.4, 0.5) is 5.69 Å². The zero-order valence-electron chi connectivity index (χ0n) is 14.8. The summed E-state index contributed by atoms with van der Waals surface area (Å²) in [7, 11) is 0. The van der Waals surface area contributed by atoms with Crippen molar-refractivity contribution in [2.24, 2.45) is 0 Å². The van der Waals surface area contributed by atoms with Gasteiger partial charge in [0.15, 0.2) is 6.61 Å². The maximum absolute atomic E-state index is 12.1. The molecule has 6 heteroatoms. The third-order valence-corrected chi connectivity index (χ3v) is 3.89. The predicted molar refractivity (Wildman–Crippen MR) is 103 cm³/mol. The van der Waals surface area contributed by atoms with Gasteiger partial charge in [0.1, 0.15) is 17.1 Å². The number of hydrogen-bond donors (Lipinski definition) is 2. The van der Waals surface area contributed by atoms with Crippen molar-refractivity contribution < 1.29 is 24.2 Å². The highest BCUT2D eigenvalue weighted by atomic mass is 16.5. The summed E-state index contributed by atoms with van der Waals surface area (Å²) in [6.07, 6.45) is 0. The summed E-state index contributed by atoms with van der Waals surface area (Å²) in [5, 5.41) is 13.7. The molecule has 0 heterocycles. The number of anilines is 1. The summed E-state index contributed by atoms with van der Waals surface area (Å²) in [6.45, 7) is 2.16. The molecule has 1 amide bonds. The summed E-state index contributed by atoms with van der Waals surface area (Å²) in [4.78, 5) is 23.6. The van der Waals surface area contributed by atoms with Crippen LogP contribution in [0.25, 0.3) is 10.8 Å². The number of benzene rings is 3. The fraction of sp³-hybridized carbons (Fsp3) is 0.143. The largest absolute Gasteiger partial charge is 0.494 e. The van der Waals surface area contributed by atoms with E-state index in [0.717, 1.165) is 10.8 Å². The smallest absolute Gasteiger partial charge is 0.339 e. The molecule has 2 N–H and O–H groups in total. The zero-order chi connectivity index (χ0) is 19.2. The van der Waals surface area contributed by atoms with Crippen LogP contribution in [-0.4, -0.2) is 30.2 Å². The normalized spacial score (nSPS) is 10.4. The van der Waals surface area contributed by atoms with Crippen molar-refractivity contribution in [1.82, 2.24) is 0 Å². The molecule has 0 bridgehead atoms. The summed E-state index contributed by atoms with van der Waals surface area (Å²) in [5.74, 6) is -0.622. The lowest BCUT2D eigenvalue weighted by molar-refractivity contribution is -0.118. The summed E-state index contributed by atoms with van der Waals surface area (Å²) in [6, 6.07) is 17.5. The average molecular weight is 365 g/mol. The Morgan fingerprint density at radius 1 is 0.963 bits per heavy atom. The number of fused-ring (bicyclic) bond motifs is 1. The van der Waals surface area contributed by atoms with Crippen molar-refractivity contribution in [1.29, 1.82) is 0 Å². The molecule has 0 aliphatic heterocycles. The number of hydrogen-bond acceptors (Lipinski definition) is 4. The fourth-order valence-electron chi connectivity index (χ4n) is 2.65. The predicted octanol–water partition coefficient (Wildman–Crippen LogP) is 3.95. The highest BCUT2D eigenvalue weighted by molar-refractivity contribution is 5.98. The molecular formula is C21H19NO5. The highest BCUT2D eigenvalue weighted by Gasteiger charge is 2.14. The maximum Gasteiger partial charge on any atom is 0.339 e. The van der Waals surface area contributed by atoms with Crippen LogP contribution < -0.4 is 14.8 Å². The number of carboxylic acid groups (broad SMARTS) is 1. The van der Waals surface area contributed by atoms with Crippen LogP contribution in [0.1, 0.15) is 17.3 Å². The minimum Gasteiger partial charge on any atom is -0.494 e. The van der Waals surface area contributed by atoms with E-state index < -0.39 is 5.97 Å². The first-order valence-electron chi connectivity index (χ1n) is 8.48. The molecular weight excluding hydrogens is 346 g/mol. The number of carbonyl (C=O) groups excluding carboxylic acids is 1. The lowest BCUT2D eigenvalue weighted by Gasteiger charge is -2.11. The van der Waals surface area contributed by atoms with E-state index in [1.165, 1.54) is 6.07 Å². The van der Waals surface area contributed by atoms with Crippen molar-refractivity contribution in [3.05, 3.63) is 66.2 Å². The van der Waals surface area contributed by atoms with Crippen LogP contribution in [0.15, 0.2) is 60.7 Å². The zero-order valence-corrected chi connectivity index (χ0v) is 14.8. The van der Waals surface area contributed by atoms with Crippen molar-refractivity contribution in [3.63, 3.8) is 0 Å². The molecule has 0 spiro atoms. The second-order valence-electron chi connectivity index (χ2n) is 5.79. The first kappa shape index (κ1) is 18.3. The molecule has 0 aliphatic carbocycles. The van der Waals surface area contributed by atoms with Gasteiger partial charge in [-0.3, -0.25) is 4.79 Å². The third-order valence-electron chi connectivity index (χ3n) is 3.89. The van der Waals surface area contributed by atoms with Crippen molar-refractivity contribution in [3.8, 4) is 11.5 Å². The SMILES string of the molecule is CCOc1ccc(NC(=O)COc2cc3ccccc3cc2C(=O)O)cc1. The van der Waals surface area contributed by atoms with Gasteiger partial charge in [0.2, 0.25) is 0 Å². The van der Waals surface area contributed by atoms with Gasteiger partial charge in [-0.05, 0) is 54.1 Å². The van der Waals surface area contributed by atoms with E-state index in [9.17, 15) is 14.7 Å². The van der Waals surface area contributed by atoms with Gasteiger partial charge < -0.3 is 19.9 Å². The Labute approximate surface area is 156 Å². The Hall–Kier alpha value is -3.54. The molecule has 0 radical (unpaired) electrons. The van der Waals surface area contributed by atoms with Gasteiger partial charge in [-0.25, -0.2) is 4.79 Å². The Balaban J connectivity index is 1.69. The van der Waals surface area contributed by atoms with Gasteiger partial charge in [-0.2, -0.15) is 0 Å². The van der Waals surface area contributed by atoms with E-state index in [1.54, 1.807) is 30.3 Å². The molecule has 0 saturated heterocycles. The molecule has 6 nitrogen and oxygen atoms in total. The number of aromatic carboxylic acids is 1. The molecule has 0 fully saturated rings. The van der Waals surface area contributed by atoms with Crippen molar-refractivity contribution in [2.45, 2.75) is 6.92 Å². The highest BCUT2D eigenvalue weighted by Crippen LogP contribution is 2.26. The first-order valence-corrected chi connectivity index (χ1v) is 8.48. The van der Waals surface area contributed by atoms with E-state index in [2.05, 4.69) is 5.32 Å². The number of nitrogens with one attached hydrogen (secondary N) is 1. The number of ether oxygens (including phenoxy) is 2. The summed E-state index contributed by atoms with van der Waals surface area (Å²) < 4.78 is 10.8. The van der Waals surface area contributed by atoms with Gasteiger partial charge in [0, 0.05) is 5.69 Å². The Bertz CT molecular complexity index is 966. The van der Waals surface area contributed by atoms with Crippen molar-refractivity contribution >= 4 is 28.3 Å². The lowest BCUT2D eigenvalue weighted by atomic mass is 10.1. The van der Waals surface area contributed by atoms with Crippen LogP contribution in [0.5, 0.6) is 11.5 Å². The quantitative estimate of drug-likeness (QED) is 0.662. The average Bonchev–Trinajstić information content (AvgIpc) is 2.67. The van der Waals surface area contributed by atoms with Crippen LogP contribution in [0.3, 0.4) is 0 Å².